The van der Waals surface area contributed by atoms with Gasteiger partial charge in [0.2, 0.25) is 0 Å². The van der Waals surface area contributed by atoms with E-state index in [0.29, 0.717) is 24.7 Å². The van der Waals surface area contributed by atoms with Crippen molar-refractivity contribution in [3.8, 4) is 5.75 Å². The van der Waals surface area contributed by atoms with Gasteiger partial charge in [0.1, 0.15) is 5.75 Å². The normalized spacial score (nSPS) is 12.8. The molecule has 0 aliphatic rings. The Kier molecular flexibility index (Phi) is 6.43. The molecule has 1 unspecified atom stereocenters. The van der Waals surface area contributed by atoms with Gasteiger partial charge in [0, 0.05) is 23.7 Å². The van der Waals surface area contributed by atoms with Gasteiger partial charge in [0.25, 0.3) is 0 Å². The van der Waals surface area contributed by atoms with Gasteiger partial charge >= 0.3 is 0 Å². The topological polar surface area (TPSA) is 58.7 Å². The Labute approximate surface area is 113 Å². The molecule has 1 rings (SSSR count). The summed E-state index contributed by atoms with van der Waals surface area (Å²) in [5, 5.41) is 9.67. The summed E-state index contributed by atoms with van der Waals surface area (Å²) in [6, 6.07) is 5.52. The number of aliphatic hydroxyl groups excluding tert-OH is 1. The SMILES string of the molecule is CCOc1ccc(Cl)cc1C(CN)N(C)CCO. The van der Waals surface area contributed by atoms with Crippen LogP contribution in [0.1, 0.15) is 18.5 Å². The average Bonchev–Trinajstić information content (AvgIpc) is 2.34. The molecular weight excluding hydrogens is 252 g/mol. The van der Waals surface area contributed by atoms with Gasteiger partial charge < -0.3 is 15.6 Å². The Hall–Kier alpha value is -0.810. The van der Waals surface area contributed by atoms with Gasteiger partial charge in [-0.1, -0.05) is 11.6 Å². The molecule has 5 heteroatoms. The van der Waals surface area contributed by atoms with Crippen LogP contribution in [0.4, 0.5) is 0 Å². The van der Waals surface area contributed by atoms with E-state index in [2.05, 4.69) is 0 Å². The fraction of sp³-hybridized carbons (Fsp3) is 0.538. The molecule has 0 bridgehead atoms. The summed E-state index contributed by atoms with van der Waals surface area (Å²) in [5.74, 6) is 0.794. The van der Waals surface area contributed by atoms with Gasteiger partial charge in [-0.25, -0.2) is 0 Å². The summed E-state index contributed by atoms with van der Waals surface area (Å²) in [6.45, 7) is 3.62. The Morgan fingerprint density at radius 1 is 1.50 bits per heavy atom. The minimum atomic E-state index is -0.0163. The van der Waals surface area contributed by atoms with E-state index in [-0.39, 0.29) is 12.6 Å². The van der Waals surface area contributed by atoms with Gasteiger partial charge in [0.15, 0.2) is 0 Å². The number of likely N-dealkylation sites (N-methyl/N-ethyl adjacent to an activating group) is 1. The highest BCUT2D eigenvalue weighted by Crippen LogP contribution is 2.30. The van der Waals surface area contributed by atoms with Crippen molar-refractivity contribution >= 4 is 11.6 Å². The highest BCUT2D eigenvalue weighted by molar-refractivity contribution is 6.30. The van der Waals surface area contributed by atoms with E-state index in [0.717, 1.165) is 11.3 Å². The number of benzene rings is 1. The number of nitrogens with two attached hydrogens (primary N) is 1. The molecule has 18 heavy (non-hydrogen) atoms. The first-order valence-corrected chi connectivity index (χ1v) is 6.45. The second kappa shape index (κ2) is 7.59. The smallest absolute Gasteiger partial charge is 0.124 e. The zero-order chi connectivity index (χ0) is 13.5. The first-order valence-electron chi connectivity index (χ1n) is 6.07. The number of hydrogen-bond acceptors (Lipinski definition) is 4. The molecule has 0 fully saturated rings. The van der Waals surface area contributed by atoms with Gasteiger partial charge in [-0.15, -0.1) is 0 Å². The molecule has 1 atom stereocenters. The monoisotopic (exact) mass is 272 g/mol. The van der Waals surface area contributed by atoms with Crippen LogP contribution in [0.2, 0.25) is 5.02 Å². The second-order valence-electron chi connectivity index (χ2n) is 4.07. The van der Waals surface area contributed by atoms with E-state index in [1.807, 2.05) is 31.0 Å². The van der Waals surface area contributed by atoms with Crippen molar-refractivity contribution in [3.63, 3.8) is 0 Å². The van der Waals surface area contributed by atoms with Crippen LogP contribution >= 0.6 is 11.6 Å². The Bertz CT molecular complexity index is 374. The average molecular weight is 273 g/mol. The minimum absolute atomic E-state index is 0.0163. The maximum atomic E-state index is 9.02. The molecule has 0 aliphatic heterocycles. The van der Waals surface area contributed by atoms with Crippen LogP contribution in [-0.2, 0) is 0 Å². The summed E-state index contributed by atoms with van der Waals surface area (Å²) in [6.07, 6.45) is 0. The van der Waals surface area contributed by atoms with Crippen molar-refractivity contribution in [3.05, 3.63) is 28.8 Å². The molecule has 0 aliphatic carbocycles. The van der Waals surface area contributed by atoms with Crippen LogP contribution in [0, 0.1) is 0 Å². The fourth-order valence-corrected chi connectivity index (χ4v) is 2.11. The lowest BCUT2D eigenvalue weighted by Crippen LogP contribution is -2.33. The first-order chi connectivity index (χ1) is 8.63. The van der Waals surface area contributed by atoms with E-state index < -0.39 is 0 Å². The third kappa shape index (κ3) is 3.85. The number of rotatable bonds is 7. The first kappa shape index (κ1) is 15.2. The van der Waals surface area contributed by atoms with E-state index in [4.69, 9.17) is 27.2 Å². The summed E-state index contributed by atoms with van der Waals surface area (Å²) in [4.78, 5) is 1.99. The lowest BCUT2D eigenvalue weighted by atomic mass is 10.0. The van der Waals surface area contributed by atoms with Crippen molar-refractivity contribution < 1.29 is 9.84 Å². The van der Waals surface area contributed by atoms with Crippen molar-refractivity contribution in [2.75, 3.05) is 33.4 Å². The molecule has 0 aromatic heterocycles. The Morgan fingerprint density at radius 2 is 2.22 bits per heavy atom. The molecular formula is C13H21ClN2O2. The predicted molar refractivity (Wildman–Crippen MR) is 74.1 cm³/mol. The summed E-state index contributed by atoms with van der Waals surface area (Å²) in [5.41, 5.74) is 6.79. The number of aliphatic hydroxyl groups is 1. The van der Waals surface area contributed by atoms with Crippen LogP contribution in [-0.4, -0.2) is 43.4 Å². The van der Waals surface area contributed by atoms with Crippen molar-refractivity contribution in [1.82, 2.24) is 4.90 Å². The second-order valence-corrected chi connectivity index (χ2v) is 4.51. The third-order valence-corrected chi connectivity index (χ3v) is 3.07. The maximum absolute atomic E-state index is 9.02. The quantitative estimate of drug-likeness (QED) is 0.793. The van der Waals surface area contributed by atoms with Crippen LogP contribution in [0.25, 0.3) is 0 Å². The number of hydrogen-bond donors (Lipinski definition) is 2. The van der Waals surface area contributed by atoms with E-state index in [1.165, 1.54) is 0 Å². The van der Waals surface area contributed by atoms with Gasteiger partial charge in [-0.05, 0) is 32.2 Å². The molecule has 102 valence electrons. The molecule has 3 N–H and O–H groups in total. The van der Waals surface area contributed by atoms with Crippen molar-refractivity contribution in [2.45, 2.75) is 13.0 Å². The van der Waals surface area contributed by atoms with Crippen molar-refractivity contribution in [1.29, 1.82) is 0 Å². The highest BCUT2D eigenvalue weighted by Gasteiger charge is 2.19. The number of nitrogens with zero attached hydrogens (tertiary/aromatic N) is 1. The van der Waals surface area contributed by atoms with E-state index in [9.17, 15) is 0 Å². The Morgan fingerprint density at radius 3 is 2.78 bits per heavy atom. The highest BCUT2D eigenvalue weighted by atomic mass is 35.5. The third-order valence-electron chi connectivity index (χ3n) is 2.84. The lowest BCUT2D eigenvalue weighted by Gasteiger charge is -2.28. The van der Waals surface area contributed by atoms with Crippen molar-refractivity contribution in [2.24, 2.45) is 5.73 Å². The molecule has 0 heterocycles. The van der Waals surface area contributed by atoms with Crippen LogP contribution in [0.3, 0.4) is 0 Å². The lowest BCUT2D eigenvalue weighted by molar-refractivity contribution is 0.180. The molecule has 0 spiro atoms. The van der Waals surface area contributed by atoms with Gasteiger partial charge in [-0.2, -0.15) is 0 Å². The molecule has 0 saturated heterocycles. The number of halogens is 1. The fourth-order valence-electron chi connectivity index (χ4n) is 1.92. The molecule has 1 aromatic carbocycles. The maximum Gasteiger partial charge on any atom is 0.124 e. The summed E-state index contributed by atoms with van der Waals surface area (Å²) < 4.78 is 5.60. The summed E-state index contributed by atoms with van der Waals surface area (Å²) in [7, 11) is 1.92. The van der Waals surface area contributed by atoms with E-state index in [1.54, 1.807) is 6.07 Å². The summed E-state index contributed by atoms with van der Waals surface area (Å²) >= 11 is 6.04. The van der Waals surface area contributed by atoms with Gasteiger partial charge in [0.05, 0.1) is 19.3 Å². The molecule has 0 saturated carbocycles. The molecule has 1 aromatic rings. The minimum Gasteiger partial charge on any atom is -0.494 e. The number of ether oxygens (including phenoxy) is 1. The molecule has 0 radical (unpaired) electrons. The van der Waals surface area contributed by atoms with E-state index >= 15 is 0 Å². The standard InChI is InChI=1S/C13H21ClN2O2/c1-3-18-13-5-4-10(14)8-11(13)12(9-15)16(2)6-7-17/h4-5,8,12,17H,3,6-7,9,15H2,1-2H3. The van der Waals surface area contributed by atoms with Crippen LogP contribution < -0.4 is 10.5 Å². The zero-order valence-electron chi connectivity index (χ0n) is 10.9. The molecule has 4 nitrogen and oxygen atoms in total. The largest absolute Gasteiger partial charge is 0.494 e. The van der Waals surface area contributed by atoms with Gasteiger partial charge in [-0.3, -0.25) is 4.90 Å². The Balaban J connectivity index is 3.05. The molecule has 0 amide bonds. The van der Waals surface area contributed by atoms with Crippen LogP contribution in [0.15, 0.2) is 18.2 Å². The zero-order valence-corrected chi connectivity index (χ0v) is 11.7. The predicted octanol–water partition coefficient (Wildman–Crippen LogP) is 1.66. The van der Waals surface area contributed by atoms with Crippen LogP contribution in [0.5, 0.6) is 5.75 Å².